The molecule has 1 aliphatic rings. The molecule has 0 saturated carbocycles. The number of H-pyrrole nitrogens is 1. The van der Waals surface area contributed by atoms with Gasteiger partial charge in [0.2, 0.25) is 0 Å². The Hall–Kier alpha value is -2.77. The molecular formula is C16H18N6O2. The molecule has 0 spiro atoms. The van der Waals surface area contributed by atoms with Gasteiger partial charge in [0.1, 0.15) is 0 Å². The molecule has 8 heteroatoms. The van der Waals surface area contributed by atoms with E-state index >= 15 is 0 Å². The van der Waals surface area contributed by atoms with Gasteiger partial charge in [-0.2, -0.15) is 5.10 Å². The van der Waals surface area contributed by atoms with E-state index in [9.17, 15) is 4.79 Å². The fourth-order valence-corrected chi connectivity index (χ4v) is 3.28. The lowest BCUT2D eigenvalue weighted by molar-refractivity contribution is 0.0690. The largest absolute Gasteiger partial charge is 0.476 e. The molecule has 0 amide bonds. The predicted octanol–water partition coefficient (Wildman–Crippen LogP) is 1.76. The number of nitrogens with zero attached hydrogens (tertiary/aromatic N) is 5. The van der Waals surface area contributed by atoms with Crippen molar-refractivity contribution in [3.8, 4) is 0 Å². The van der Waals surface area contributed by atoms with Crippen molar-refractivity contribution in [1.82, 2.24) is 30.2 Å². The van der Waals surface area contributed by atoms with Gasteiger partial charge in [-0.25, -0.2) is 4.79 Å². The Balaban J connectivity index is 1.35. The zero-order chi connectivity index (χ0) is 16.5. The Morgan fingerprint density at radius 2 is 2.17 bits per heavy atom. The van der Waals surface area contributed by atoms with E-state index in [4.69, 9.17) is 5.11 Å². The number of fused-ring (bicyclic) bond motifs is 3. The van der Waals surface area contributed by atoms with E-state index in [1.807, 2.05) is 0 Å². The molecule has 124 valence electrons. The second kappa shape index (κ2) is 6.03. The van der Waals surface area contributed by atoms with E-state index in [1.54, 1.807) is 4.68 Å². The minimum Gasteiger partial charge on any atom is -0.476 e. The summed E-state index contributed by atoms with van der Waals surface area (Å²) in [6.07, 6.45) is 7.57. The quantitative estimate of drug-likeness (QED) is 0.668. The zero-order valence-electron chi connectivity index (χ0n) is 13.2. The number of aromatic carboxylic acids is 1. The SMILES string of the molecule is O=C(O)c1cn(CCCCc2cc3c4c([nH]c3nn2)CCC4)nn1. The molecule has 2 N–H and O–H groups in total. The predicted molar refractivity (Wildman–Crippen MR) is 85.8 cm³/mol. The van der Waals surface area contributed by atoms with E-state index in [2.05, 4.69) is 31.6 Å². The van der Waals surface area contributed by atoms with E-state index in [1.165, 1.54) is 29.3 Å². The summed E-state index contributed by atoms with van der Waals surface area (Å²) in [5.74, 6) is -1.05. The fourth-order valence-electron chi connectivity index (χ4n) is 3.28. The van der Waals surface area contributed by atoms with Crippen LogP contribution in [0.5, 0.6) is 0 Å². The van der Waals surface area contributed by atoms with Crippen LogP contribution in [0.25, 0.3) is 11.0 Å². The van der Waals surface area contributed by atoms with Crippen LogP contribution >= 0.6 is 0 Å². The van der Waals surface area contributed by atoms with Crippen molar-refractivity contribution in [3.05, 3.63) is 34.9 Å². The van der Waals surface area contributed by atoms with Gasteiger partial charge in [-0.05, 0) is 50.2 Å². The van der Waals surface area contributed by atoms with Crippen LogP contribution in [0, 0.1) is 0 Å². The third-order valence-corrected chi connectivity index (χ3v) is 4.48. The van der Waals surface area contributed by atoms with Gasteiger partial charge in [0.15, 0.2) is 11.3 Å². The molecule has 0 atom stereocenters. The number of rotatable bonds is 6. The molecule has 24 heavy (non-hydrogen) atoms. The van der Waals surface area contributed by atoms with Gasteiger partial charge in [-0.1, -0.05) is 5.21 Å². The summed E-state index contributed by atoms with van der Waals surface area (Å²) in [5.41, 5.74) is 4.60. The first-order chi connectivity index (χ1) is 11.7. The second-order valence-electron chi connectivity index (χ2n) is 6.16. The lowest BCUT2D eigenvalue weighted by atomic mass is 10.1. The summed E-state index contributed by atoms with van der Waals surface area (Å²) in [6, 6.07) is 2.15. The standard InChI is InChI=1S/C16H18N6O2/c23-16(24)14-9-22(21-19-14)7-2-1-4-10-8-12-11-5-3-6-13(11)17-15(12)20-18-10/h8-9H,1-7H2,(H,17,20)(H,23,24). The molecule has 0 fully saturated rings. The van der Waals surface area contributed by atoms with Gasteiger partial charge in [0.05, 0.1) is 11.9 Å². The number of nitrogens with one attached hydrogen (secondary N) is 1. The number of aromatic amines is 1. The number of hydrogen-bond acceptors (Lipinski definition) is 5. The Bertz CT molecular complexity index is 897. The summed E-state index contributed by atoms with van der Waals surface area (Å²) in [5, 5.41) is 26.1. The number of aromatic nitrogens is 6. The molecule has 0 bridgehead atoms. The average molecular weight is 326 g/mol. The van der Waals surface area contributed by atoms with Crippen molar-refractivity contribution in [1.29, 1.82) is 0 Å². The normalized spacial score (nSPS) is 13.5. The molecule has 4 rings (SSSR count). The summed E-state index contributed by atoms with van der Waals surface area (Å²) < 4.78 is 1.57. The highest BCUT2D eigenvalue weighted by Crippen LogP contribution is 2.29. The highest BCUT2D eigenvalue weighted by Gasteiger charge is 2.18. The van der Waals surface area contributed by atoms with Gasteiger partial charge in [0.25, 0.3) is 0 Å². The maximum absolute atomic E-state index is 10.8. The second-order valence-corrected chi connectivity index (χ2v) is 6.16. The average Bonchev–Trinajstić information content (AvgIpc) is 3.27. The van der Waals surface area contributed by atoms with Crippen molar-refractivity contribution >= 4 is 17.0 Å². The van der Waals surface area contributed by atoms with Gasteiger partial charge in [-0.3, -0.25) is 4.68 Å². The highest BCUT2D eigenvalue weighted by molar-refractivity contribution is 5.84. The molecule has 3 heterocycles. The molecule has 3 aromatic rings. The Labute approximate surface area is 137 Å². The number of carboxylic acid groups (broad SMARTS) is 1. The van der Waals surface area contributed by atoms with E-state index in [0.29, 0.717) is 6.54 Å². The van der Waals surface area contributed by atoms with Crippen LogP contribution in [0.1, 0.15) is 46.7 Å². The van der Waals surface area contributed by atoms with Crippen molar-refractivity contribution in [2.75, 3.05) is 0 Å². The minimum absolute atomic E-state index is 0.0207. The van der Waals surface area contributed by atoms with Crippen LogP contribution < -0.4 is 0 Å². The Morgan fingerprint density at radius 3 is 3.00 bits per heavy atom. The lowest BCUT2D eigenvalue weighted by Gasteiger charge is -2.02. The molecule has 8 nitrogen and oxygen atoms in total. The van der Waals surface area contributed by atoms with Crippen LogP contribution in [-0.2, 0) is 25.8 Å². The van der Waals surface area contributed by atoms with Crippen LogP contribution in [0.2, 0.25) is 0 Å². The van der Waals surface area contributed by atoms with E-state index in [0.717, 1.165) is 43.4 Å². The molecule has 0 radical (unpaired) electrons. The number of hydrogen-bond donors (Lipinski definition) is 2. The van der Waals surface area contributed by atoms with E-state index in [-0.39, 0.29) is 5.69 Å². The van der Waals surface area contributed by atoms with Crippen molar-refractivity contribution in [2.45, 2.75) is 45.1 Å². The molecule has 0 aliphatic heterocycles. The lowest BCUT2D eigenvalue weighted by Crippen LogP contribution is -2.01. The monoisotopic (exact) mass is 326 g/mol. The highest BCUT2D eigenvalue weighted by atomic mass is 16.4. The maximum atomic E-state index is 10.8. The summed E-state index contributed by atoms with van der Waals surface area (Å²) in [7, 11) is 0. The van der Waals surface area contributed by atoms with Gasteiger partial charge < -0.3 is 10.1 Å². The van der Waals surface area contributed by atoms with Crippen molar-refractivity contribution < 1.29 is 9.90 Å². The van der Waals surface area contributed by atoms with Crippen LogP contribution in [-0.4, -0.2) is 41.3 Å². The topological polar surface area (TPSA) is 110 Å². The maximum Gasteiger partial charge on any atom is 0.358 e. The van der Waals surface area contributed by atoms with E-state index < -0.39 is 5.97 Å². The summed E-state index contributed by atoms with van der Waals surface area (Å²) in [4.78, 5) is 14.1. The van der Waals surface area contributed by atoms with Crippen LogP contribution in [0.4, 0.5) is 0 Å². The van der Waals surface area contributed by atoms with Crippen LogP contribution in [0.3, 0.4) is 0 Å². The minimum atomic E-state index is -1.05. The smallest absolute Gasteiger partial charge is 0.358 e. The first kappa shape index (κ1) is 14.8. The molecule has 3 aromatic heterocycles. The zero-order valence-corrected chi connectivity index (χ0v) is 13.2. The molecule has 0 unspecified atom stereocenters. The molecule has 0 saturated heterocycles. The third-order valence-electron chi connectivity index (χ3n) is 4.48. The van der Waals surface area contributed by atoms with Crippen molar-refractivity contribution in [3.63, 3.8) is 0 Å². The Morgan fingerprint density at radius 1 is 1.25 bits per heavy atom. The first-order valence-corrected chi connectivity index (χ1v) is 8.20. The third kappa shape index (κ3) is 2.75. The van der Waals surface area contributed by atoms with Gasteiger partial charge >= 0.3 is 5.97 Å². The molecular weight excluding hydrogens is 308 g/mol. The summed E-state index contributed by atoms with van der Waals surface area (Å²) in [6.45, 7) is 0.648. The number of aryl methyl sites for hydroxylation is 4. The number of carboxylic acids is 1. The van der Waals surface area contributed by atoms with Crippen molar-refractivity contribution in [2.24, 2.45) is 0 Å². The van der Waals surface area contributed by atoms with Gasteiger partial charge in [-0.15, -0.1) is 10.2 Å². The van der Waals surface area contributed by atoms with Crippen LogP contribution in [0.15, 0.2) is 12.3 Å². The fraction of sp³-hybridized carbons (Fsp3) is 0.438. The number of unbranched alkanes of at least 4 members (excludes halogenated alkanes) is 1. The first-order valence-electron chi connectivity index (χ1n) is 8.20. The van der Waals surface area contributed by atoms with Gasteiger partial charge in [0, 0.05) is 17.6 Å². The summed E-state index contributed by atoms with van der Waals surface area (Å²) >= 11 is 0. The molecule has 1 aliphatic carbocycles. The molecule has 0 aromatic carbocycles. The number of carbonyl (C=O) groups is 1. The Kier molecular flexibility index (Phi) is 3.72.